The molecule has 0 bridgehead atoms. The van der Waals surface area contributed by atoms with Gasteiger partial charge in [0.05, 0.1) is 13.0 Å². The van der Waals surface area contributed by atoms with Crippen LogP contribution in [-0.4, -0.2) is 42.3 Å². The van der Waals surface area contributed by atoms with E-state index in [2.05, 4.69) is 0 Å². The molecule has 5 heteroatoms. The minimum absolute atomic E-state index is 0.0684. The highest BCUT2D eigenvalue weighted by molar-refractivity contribution is 5.72. The predicted molar refractivity (Wildman–Crippen MR) is 76.4 cm³/mol. The summed E-state index contributed by atoms with van der Waals surface area (Å²) in [6.07, 6.45) is 3.09. The molecule has 0 aromatic heterocycles. The lowest BCUT2D eigenvalue weighted by Crippen LogP contribution is -2.52. The van der Waals surface area contributed by atoms with Crippen molar-refractivity contribution in [2.45, 2.75) is 65.0 Å². The van der Waals surface area contributed by atoms with Gasteiger partial charge in [0.25, 0.3) is 0 Å². The molecule has 1 amide bonds. The standard InChI is InChI=1S/C15H27NO4/c1-6-11(13(17)19-5)7-8-12-9-10-16(12)14(18)20-15(2,3)4/h11-12H,6-10H2,1-5H3. The van der Waals surface area contributed by atoms with Crippen LogP contribution in [0, 0.1) is 5.92 Å². The second-order valence-electron chi connectivity index (χ2n) is 6.32. The largest absolute Gasteiger partial charge is 0.469 e. The number of likely N-dealkylation sites (tertiary alicyclic amines) is 1. The lowest BCUT2D eigenvalue weighted by Gasteiger charge is -2.41. The molecule has 2 atom stereocenters. The van der Waals surface area contributed by atoms with Crippen LogP contribution in [0.4, 0.5) is 4.79 Å². The van der Waals surface area contributed by atoms with Crippen molar-refractivity contribution in [3.05, 3.63) is 0 Å². The number of hydrogen-bond acceptors (Lipinski definition) is 4. The third kappa shape index (κ3) is 4.69. The summed E-state index contributed by atoms with van der Waals surface area (Å²) in [4.78, 5) is 25.3. The maximum atomic E-state index is 12.0. The molecule has 1 fully saturated rings. The van der Waals surface area contributed by atoms with E-state index in [0.717, 1.165) is 32.2 Å². The van der Waals surface area contributed by atoms with Gasteiger partial charge in [0.15, 0.2) is 0 Å². The Labute approximate surface area is 121 Å². The number of nitrogens with zero attached hydrogens (tertiary/aromatic N) is 1. The molecule has 0 aromatic rings. The Kier molecular flexibility index (Phi) is 5.84. The zero-order valence-corrected chi connectivity index (χ0v) is 13.3. The molecule has 0 aromatic carbocycles. The SMILES string of the molecule is CCC(CCC1CCN1C(=O)OC(C)(C)C)C(=O)OC. The number of rotatable bonds is 5. The van der Waals surface area contributed by atoms with Gasteiger partial charge in [0.2, 0.25) is 0 Å². The molecule has 116 valence electrons. The quantitative estimate of drug-likeness (QED) is 0.729. The van der Waals surface area contributed by atoms with Crippen molar-refractivity contribution in [1.82, 2.24) is 4.90 Å². The first-order valence-electron chi connectivity index (χ1n) is 7.36. The van der Waals surface area contributed by atoms with Gasteiger partial charge in [-0.3, -0.25) is 4.79 Å². The first-order valence-corrected chi connectivity index (χ1v) is 7.36. The van der Waals surface area contributed by atoms with Crippen molar-refractivity contribution >= 4 is 12.1 Å². The molecule has 20 heavy (non-hydrogen) atoms. The molecule has 0 aliphatic carbocycles. The highest BCUT2D eigenvalue weighted by Gasteiger charge is 2.35. The van der Waals surface area contributed by atoms with E-state index >= 15 is 0 Å². The van der Waals surface area contributed by atoms with Gasteiger partial charge in [-0.2, -0.15) is 0 Å². The van der Waals surface area contributed by atoms with Crippen molar-refractivity contribution in [2.24, 2.45) is 5.92 Å². The summed E-state index contributed by atoms with van der Waals surface area (Å²) in [6.45, 7) is 8.32. The number of esters is 1. The summed E-state index contributed by atoms with van der Waals surface area (Å²) in [5.74, 6) is -0.225. The van der Waals surface area contributed by atoms with Gasteiger partial charge in [0.1, 0.15) is 5.60 Å². The molecule has 1 aliphatic heterocycles. The van der Waals surface area contributed by atoms with Crippen LogP contribution in [0.1, 0.15) is 53.4 Å². The Bertz CT molecular complexity index is 348. The maximum Gasteiger partial charge on any atom is 0.410 e. The molecule has 1 aliphatic rings. The molecule has 0 radical (unpaired) electrons. The third-order valence-corrected chi connectivity index (χ3v) is 3.65. The Morgan fingerprint density at radius 1 is 1.35 bits per heavy atom. The van der Waals surface area contributed by atoms with Crippen LogP contribution in [0.15, 0.2) is 0 Å². The van der Waals surface area contributed by atoms with E-state index in [-0.39, 0.29) is 24.0 Å². The molecule has 0 saturated carbocycles. The van der Waals surface area contributed by atoms with E-state index < -0.39 is 5.60 Å². The average Bonchev–Trinajstić information content (AvgIpc) is 2.29. The number of carbonyl (C=O) groups is 2. The molecule has 5 nitrogen and oxygen atoms in total. The van der Waals surface area contributed by atoms with Crippen molar-refractivity contribution in [1.29, 1.82) is 0 Å². The van der Waals surface area contributed by atoms with Gasteiger partial charge in [-0.05, 0) is 46.5 Å². The van der Waals surface area contributed by atoms with Crippen LogP contribution < -0.4 is 0 Å². The van der Waals surface area contributed by atoms with Crippen LogP contribution in [0.3, 0.4) is 0 Å². The van der Waals surface area contributed by atoms with Crippen molar-refractivity contribution in [3.8, 4) is 0 Å². The van der Waals surface area contributed by atoms with E-state index in [1.165, 1.54) is 7.11 Å². The smallest absolute Gasteiger partial charge is 0.410 e. The fraction of sp³-hybridized carbons (Fsp3) is 0.867. The molecular formula is C15H27NO4. The van der Waals surface area contributed by atoms with Crippen LogP contribution in [0.2, 0.25) is 0 Å². The molecular weight excluding hydrogens is 258 g/mol. The number of hydrogen-bond donors (Lipinski definition) is 0. The first-order chi connectivity index (χ1) is 9.28. The van der Waals surface area contributed by atoms with Gasteiger partial charge >= 0.3 is 12.1 Å². The summed E-state index contributed by atoms with van der Waals surface area (Å²) in [5.41, 5.74) is -0.463. The van der Waals surface area contributed by atoms with Crippen molar-refractivity contribution in [2.75, 3.05) is 13.7 Å². The third-order valence-electron chi connectivity index (χ3n) is 3.65. The highest BCUT2D eigenvalue weighted by atomic mass is 16.6. The second kappa shape index (κ2) is 6.95. The van der Waals surface area contributed by atoms with E-state index in [9.17, 15) is 9.59 Å². The van der Waals surface area contributed by atoms with Crippen LogP contribution in [0.25, 0.3) is 0 Å². The molecule has 2 unspecified atom stereocenters. The minimum Gasteiger partial charge on any atom is -0.469 e. The Hall–Kier alpha value is -1.26. The predicted octanol–water partition coefficient (Wildman–Crippen LogP) is 2.98. The highest BCUT2D eigenvalue weighted by Crippen LogP contribution is 2.27. The zero-order valence-electron chi connectivity index (χ0n) is 13.3. The molecule has 1 rings (SSSR count). The summed E-state index contributed by atoms with van der Waals surface area (Å²) in [6, 6.07) is 0.198. The van der Waals surface area contributed by atoms with Crippen LogP contribution in [-0.2, 0) is 14.3 Å². The monoisotopic (exact) mass is 285 g/mol. The van der Waals surface area contributed by atoms with E-state index in [4.69, 9.17) is 9.47 Å². The van der Waals surface area contributed by atoms with Gasteiger partial charge < -0.3 is 14.4 Å². The lowest BCUT2D eigenvalue weighted by molar-refractivity contribution is -0.146. The summed E-state index contributed by atoms with van der Waals surface area (Å²) in [5, 5.41) is 0. The van der Waals surface area contributed by atoms with E-state index in [1.54, 1.807) is 4.90 Å². The van der Waals surface area contributed by atoms with Crippen LogP contribution in [0.5, 0.6) is 0 Å². The zero-order chi connectivity index (χ0) is 15.3. The second-order valence-corrected chi connectivity index (χ2v) is 6.32. The fourth-order valence-corrected chi connectivity index (χ4v) is 2.35. The Morgan fingerprint density at radius 2 is 2.00 bits per heavy atom. The lowest BCUT2D eigenvalue weighted by atomic mass is 9.92. The van der Waals surface area contributed by atoms with E-state index in [0.29, 0.717) is 0 Å². The minimum atomic E-state index is -0.463. The Balaban J connectivity index is 2.42. The van der Waals surface area contributed by atoms with Gasteiger partial charge in [-0.15, -0.1) is 0 Å². The Morgan fingerprint density at radius 3 is 2.40 bits per heavy atom. The molecule has 1 heterocycles. The van der Waals surface area contributed by atoms with Gasteiger partial charge in [-0.25, -0.2) is 4.79 Å². The van der Waals surface area contributed by atoms with Crippen LogP contribution >= 0.6 is 0 Å². The van der Waals surface area contributed by atoms with Crippen molar-refractivity contribution in [3.63, 3.8) is 0 Å². The fourth-order valence-electron chi connectivity index (χ4n) is 2.35. The summed E-state index contributed by atoms with van der Waals surface area (Å²) < 4.78 is 10.2. The maximum absolute atomic E-state index is 12.0. The number of methoxy groups -OCH3 is 1. The topological polar surface area (TPSA) is 55.8 Å². The average molecular weight is 285 g/mol. The molecule has 0 spiro atoms. The van der Waals surface area contributed by atoms with Crippen molar-refractivity contribution < 1.29 is 19.1 Å². The number of amides is 1. The molecule has 1 saturated heterocycles. The number of carbonyl (C=O) groups excluding carboxylic acids is 2. The molecule has 0 N–H and O–H groups in total. The normalized spacial score (nSPS) is 20.1. The van der Waals surface area contributed by atoms with Gasteiger partial charge in [-0.1, -0.05) is 6.92 Å². The summed E-state index contributed by atoms with van der Waals surface area (Å²) >= 11 is 0. The van der Waals surface area contributed by atoms with Gasteiger partial charge in [0, 0.05) is 12.6 Å². The number of ether oxygens (including phenoxy) is 2. The first kappa shape index (κ1) is 16.8. The summed E-state index contributed by atoms with van der Waals surface area (Å²) in [7, 11) is 1.42. The van der Waals surface area contributed by atoms with E-state index in [1.807, 2.05) is 27.7 Å².